The number of esters is 2. The third kappa shape index (κ3) is 9.65. The molecule has 0 atom stereocenters. The van der Waals surface area contributed by atoms with Crippen LogP contribution in [0.3, 0.4) is 0 Å². The van der Waals surface area contributed by atoms with Gasteiger partial charge < -0.3 is 14.4 Å². The molecule has 246 valence electrons. The van der Waals surface area contributed by atoms with Crippen LogP contribution >= 0.6 is 0 Å². The topological polar surface area (TPSA) is 71.4 Å². The van der Waals surface area contributed by atoms with Gasteiger partial charge in [-0.25, -0.2) is 14.6 Å². The van der Waals surface area contributed by atoms with Crippen LogP contribution in [0.4, 0.5) is 28.4 Å². The molecule has 0 fully saturated rings. The minimum absolute atomic E-state index is 0.284. The van der Waals surface area contributed by atoms with Crippen molar-refractivity contribution in [2.75, 3.05) is 23.1 Å². The summed E-state index contributed by atoms with van der Waals surface area (Å²) >= 11 is 0. The fourth-order valence-electron chi connectivity index (χ4n) is 5.04. The second kappa shape index (κ2) is 17.1. The van der Waals surface area contributed by atoms with Crippen molar-refractivity contribution in [3.8, 4) is 0 Å². The van der Waals surface area contributed by atoms with Crippen molar-refractivity contribution < 1.29 is 19.1 Å². The van der Waals surface area contributed by atoms with E-state index in [1.54, 1.807) is 6.92 Å². The van der Waals surface area contributed by atoms with Gasteiger partial charge in [-0.3, -0.25) is 0 Å². The van der Waals surface area contributed by atoms with Gasteiger partial charge in [-0.1, -0.05) is 86.0 Å². The van der Waals surface area contributed by atoms with Crippen LogP contribution in [-0.4, -0.2) is 31.4 Å². The third-order valence-electron chi connectivity index (χ3n) is 7.64. The molecular formula is C42H39N3O4. The lowest BCUT2D eigenvalue weighted by atomic mass is 10.1. The first-order valence-electron chi connectivity index (χ1n) is 16.1. The lowest BCUT2D eigenvalue weighted by Crippen LogP contribution is -2.11. The molecule has 0 unspecified atom stereocenters. The average molecular weight is 650 g/mol. The molecule has 0 saturated carbocycles. The molecule has 0 amide bonds. The molecule has 5 rings (SSSR count). The molecule has 0 spiro atoms. The summed E-state index contributed by atoms with van der Waals surface area (Å²) in [6.45, 7) is 9.29. The lowest BCUT2D eigenvalue weighted by Gasteiger charge is -2.26. The van der Waals surface area contributed by atoms with E-state index in [4.69, 9.17) is 14.6 Å². The summed E-state index contributed by atoms with van der Waals surface area (Å²) in [5.74, 6) is -0.812. The highest BCUT2D eigenvalue weighted by atomic mass is 16.5. The van der Waals surface area contributed by atoms with Crippen LogP contribution in [0.15, 0.2) is 163 Å². The SMILES string of the molecule is C=CC(=O)OCCc1ccc(N(c2ccc(C=NN(c3ccccc3)c3ccccc3)cc2)c2ccc(CCOC(=O)C(=C)C)cc2)cc1. The Morgan fingerprint density at radius 3 is 1.53 bits per heavy atom. The van der Waals surface area contributed by atoms with Crippen LogP contribution in [-0.2, 0) is 31.9 Å². The van der Waals surface area contributed by atoms with Crippen molar-refractivity contribution in [3.63, 3.8) is 0 Å². The summed E-state index contributed by atoms with van der Waals surface area (Å²) < 4.78 is 10.4. The molecule has 0 aliphatic carbocycles. The number of hydrazone groups is 1. The van der Waals surface area contributed by atoms with Crippen LogP contribution in [0, 0.1) is 0 Å². The molecular weight excluding hydrogens is 610 g/mol. The van der Waals surface area contributed by atoms with Gasteiger partial charge in [-0.2, -0.15) is 5.10 Å². The maximum atomic E-state index is 11.8. The molecule has 0 heterocycles. The van der Waals surface area contributed by atoms with E-state index < -0.39 is 5.97 Å². The van der Waals surface area contributed by atoms with Gasteiger partial charge in [0.05, 0.1) is 30.8 Å². The number of nitrogens with zero attached hydrogens (tertiary/aromatic N) is 3. The van der Waals surface area contributed by atoms with Gasteiger partial charge in [-0.15, -0.1) is 0 Å². The van der Waals surface area contributed by atoms with Crippen LogP contribution in [0.2, 0.25) is 0 Å². The Labute approximate surface area is 288 Å². The number of hydrogen-bond acceptors (Lipinski definition) is 7. The molecule has 7 nitrogen and oxygen atoms in total. The van der Waals surface area contributed by atoms with E-state index in [2.05, 4.69) is 54.5 Å². The minimum atomic E-state index is -0.429. The van der Waals surface area contributed by atoms with Crippen molar-refractivity contribution in [2.24, 2.45) is 5.10 Å². The third-order valence-corrected chi connectivity index (χ3v) is 7.64. The van der Waals surface area contributed by atoms with Crippen LogP contribution in [0.5, 0.6) is 0 Å². The van der Waals surface area contributed by atoms with Gasteiger partial charge in [0.15, 0.2) is 0 Å². The average Bonchev–Trinajstić information content (AvgIpc) is 3.14. The van der Waals surface area contributed by atoms with Gasteiger partial charge in [0.2, 0.25) is 0 Å². The normalized spacial score (nSPS) is 10.7. The van der Waals surface area contributed by atoms with Gasteiger partial charge in [0, 0.05) is 41.6 Å². The van der Waals surface area contributed by atoms with Gasteiger partial charge in [0.1, 0.15) is 0 Å². The Morgan fingerprint density at radius 2 is 1.08 bits per heavy atom. The van der Waals surface area contributed by atoms with Crippen molar-refractivity contribution in [1.82, 2.24) is 0 Å². The number of para-hydroxylation sites is 2. The zero-order valence-corrected chi connectivity index (χ0v) is 27.6. The van der Waals surface area contributed by atoms with E-state index in [0.717, 1.165) is 45.1 Å². The van der Waals surface area contributed by atoms with Crippen molar-refractivity contribution in [3.05, 3.63) is 175 Å². The minimum Gasteiger partial charge on any atom is -0.462 e. The molecule has 0 saturated heterocycles. The Balaban J connectivity index is 1.38. The van der Waals surface area contributed by atoms with E-state index >= 15 is 0 Å². The molecule has 0 aliphatic rings. The standard InChI is InChI=1S/C42H39N3O4/c1-4-41(46)48-29-27-33-15-21-36(22-16-33)44(37-23-17-34(18-24-37)28-30-49-42(47)32(2)3)38-25-19-35(20-26-38)31-43-45(39-11-7-5-8-12-39)40-13-9-6-10-14-40/h4-26,31H,1-2,27-30H2,3H3. The molecule has 0 bridgehead atoms. The zero-order valence-electron chi connectivity index (χ0n) is 27.6. The number of carbonyl (C=O) groups is 2. The number of rotatable bonds is 15. The maximum Gasteiger partial charge on any atom is 0.333 e. The highest BCUT2D eigenvalue weighted by Crippen LogP contribution is 2.35. The van der Waals surface area contributed by atoms with E-state index in [1.807, 2.05) is 108 Å². The van der Waals surface area contributed by atoms with Crippen LogP contribution < -0.4 is 9.91 Å². The molecule has 0 aromatic heterocycles. The predicted octanol–water partition coefficient (Wildman–Crippen LogP) is 9.26. The van der Waals surface area contributed by atoms with E-state index in [-0.39, 0.29) is 19.2 Å². The first kappa shape index (κ1) is 34.1. The number of benzene rings is 5. The van der Waals surface area contributed by atoms with Crippen molar-refractivity contribution in [2.45, 2.75) is 19.8 Å². The summed E-state index contributed by atoms with van der Waals surface area (Å²) in [5.41, 5.74) is 8.27. The van der Waals surface area contributed by atoms with Crippen LogP contribution in [0.25, 0.3) is 0 Å². The second-order valence-corrected chi connectivity index (χ2v) is 11.3. The van der Waals surface area contributed by atoms with E-state index in [0.29, 0.717) is 18.4 Å². The van der Waals surface area contributed by atoms with Gasteiger partial charge in [0.25, 0.3) is 0 Å². The number of hydrogen-bond donors (Lipinski definition) is 0. The fourth-order valence-corrected chi connectivity index (χ4v) is 5.04. The monoisotopic (exact) mass is 649 g/mol. The maximum absolute atomic E-state index is 11.8. The van der Waals surface area contributed by atoms with Crippen molar-refractivity contribution >= 4 is 46.6 Å². The molecule has 0 N–H and O–H groups in total. The Bertz CT molecular complexity index is 1830. The summed E-state index contributed by atoms with van der Waals surface area (Å²) in [5, 5.41) is 6.77. The van der Waals surface area contributed by atoms with Gasteiger partial charge >= 0.3 is 11.9 Å². The highest BCUT2D eigenvalue weighted by molar-refractivity contribution is 5.87. The summed E-state index contributed by atoms with van der Waals surface area (Å²) in [4.78, 5) is 25.4. The Hall–Kier alpha value is -6.21. The second-order valence-electron chi connectivity index (χ2n) is 11.3. The number of carbonyl (C=O) groups excluding carboxylic acids is 2. The largest absolute Gasteiger partial charge is 0.462 e. The van der Waals surface area contributed by atoms with E-state index in [1.165, 1.54) is 6.08 Å². The predicted molar refractivity (Wildman–Crippen MR) is 198 cm³/mol. The number of anilines is 5. The van der Waals surface area contributed by atoms with Crippen molar-refractivity contribution in [1.29, 1.82) is 0 Å². The zero-order chi connectivity index (χ0) is 34.4. The Kier molecular flexibility index (Phi) is 11.9. The number of ether oxygens (including phenoxy) is 2. The summed E-state index contributed by atoms with van der Waals surface area (Å²) in [7, 11) is 0. The smallest absolute Gasteiger partial charge is 0.333 e. The van der Waals surface area contributed by atoms with E-state index in [9.17, 15) is 9.59 Å². The first-order valence-corrected chi connectivity index (χ1v) is 16.1. The molecule has 5 aromatic rings. The molecule has 49 heavy (non-hydrogen) atoms. The summed E-state index contributed by atoms with van der Waals surface area (Å²) in [6, 6.07) is 44.8. The molecule has 0 radical (unpaired) electrons. The quantitative estimate of drug-likeness (QED) is 0.0487. The fraction of sp³-hybridized carbons (Fsp3) is 0.119. The molecule has 0 aliphatic heterocycles. The summed E-state index contributed by atoms with van der Waals surface area (Å²) in [6.07, 6.45) is 4.22. The lowest BCUT2D eigenvalue weighted by molar-refractivity contribution is -0.139. The van der Waals surface area contributed by atoms with Crippen LogP contribution in [0.1, 0.15) is 23.6 Å². The van der Waals surface area contributed by atoms with Gasteiger partial charge in [-0.05, 0) is 84.3 Å². The molecule has 7 heteroatoms. The Morgan fingerprint density at radius 1 is 0.633 bits per heavy atom. The highest BCUT2D eigenvalue weighted by Gasteiger charge is 2.14. The molecule has 5 aromatic carbocycles. The first-order chi connectivity index (χ1) is 23.9.